The van der Waals surface area contributed by atoms with E-state index in [4.69, 9.17) is 0 Å². The molecule has 0 saturated carbocycles. The summed E-state index contributed by atoms with van der Waals surface area (Å²) >= 11 is 0. The zero-order valence-electron chi connectivity index (χ0n) is 13.9. The molecule has 24 heavy (non-hydrogen) atoms. The van der Waals surface area contributed by atoms with Crippen molar-refractivity contribution in [3.8, 4) is 0 Å². The molecule has 1 aliphatic rings. The number of amides is 1. The Morgan fingerprint density at radius 1 is 1.08 bits per heavy atom. The van der Waals surface area contributed by atoms with Crippen LogP contribution in [-0.4, -0.2) is 47.5 Å². The fourth-order valence-electron chi connectivity index (χ4n) is 3.32. The SMILES string of the molecule is O=CN(CCCN1CCC(c2ccccc2)CC1)c1ncccn1. The van der Waals surface area contributed by atoms with Crippen LogP contribution in [0.5, 0.6) is 0 Å². The van der Waals surface area contributed by atoms with Gasteiger partial charge in [-0.25, -0.2) is 9.97 Å². The average molecular weight is 324 g/mol. The molecule has 0 radical (unpaired) electrons. The Morgan fingerprint density at radius 3 is 2.46 bits per heavy atom. The minimum atomic E-state index is 0.482. The Balaban J connectivity index is 1.41. The van der Waals surface area contributed by atoms with Gasteiger partial charge in [0.2, 0.25) is 12.4 Å². The van der Waals surface area contributed by atoms with Crippen LogP contribution in [-0.2, 0) is 4.79 Å². The van der Waals surface area contributed by atoms with Crippen molar-refractivity contribution in [3.63, 3.8) is 0 Å². The van der Waals surface area contributed by atoms with Gasteiger partial charge < -0.3 is 4.90 Å². The van der Waals surface area contributed by atoms with Crippen molar-refractivity contribution < 1.29 is 4.79 Å². The number of hydrogen-bond donors (Lipinski definition) is 0. The van der Waals surface area contributed by atoms with Gasteiger partial charge >= 0.3 is 0 Å². The van der Waals surface area contributed by atoms with Gasteiger partial charge in [-0.1, -0.05) is 30.3 Å². The third-order valence-corrected chi connectivity index (χ3v) is 4.67. The summed E-state index contributed by atoms with van der Waals surface area (Å²) in [6.45, 7) is 3.93. The van der Waals surface area contributed by atoms with Crippen molar-refractivity contribution in [1.29, 1.82) is 0 Å². The lowest BCUT2D eigenvalue weighted by Crippen LogP contribution is -2.35. The molecule has 1 saturated heterocycles. The molecule has 126 valence electrons. The van der Waals surface area contributed by atoms with Gasteiger partial charge in [-0.05, 0) is 56.4 Å². The molecular weight excluding hydrogens is 300 g/mol. The minimum Gasteiger partial charge on any atom is -0.303 e. The van der Waals surface area contributed by atoms with E-state index in [0.29, 0.717) is 18.4 Å². The van der Waals surface area contributed by atoms with Crippen molar-refractivity contribution >= 4 is 12.4 Å². The standard InChI is InChI=1S/C19H24N4O/c24-16-23(19-20-10-4-11-21-19)13-5-12-22-14-8-18(9-15-22)17-6-2-1-3-7-17/h1-4,6-7,10-11,16,18H,5,8-9,12-15H2. The van der Waals surface area contributed by atoms with E-state index in [2.05, 4.69) is 45.2 Å². The molecule has 2 aromatic rings. The number of benzene rings is 1. The Bertz CT molecular complexity index is 612. The summed E-state index contributed by atoms with van der Waals surface area (Å²) in [4.78, 5) is 23.6. The maximum atomic E-state index is 11.2. The van der Waals surface area contributed by atoms with Crippen LogP contribution in [0.2, 0.25) is 0 Å². The van der Waals surface area contributed by atoms with Crippen molar-refractivity contribution in [2.45, 2.75) is 25.2 Å². The van der Waals surface area contributed by atoms with Gasteiger partial charge in [0.1, 0.15) is 0 Å². The monoisotopic (exact) mass is 324 g/mol. The first-order valence-corrected chi connectivity index (χ1v) is 8.63. The molecule has 1 aromatic carbocycles. The summed E-state index contributed by atoms with van der Waals surface area (Å²) in [5.74, 6) is 1.17. The Morgan fingerprint density at radius 2 is 1.79 bits per heavy atom. The van der Waals surface area contributed by atoms with E-state index in [0.717, 1.165) is 32.5 Å². The summed E-state index contributed by atoms with van der Waals surface area (Å²) in [5, 5.41) is 0. The number of carbonyl (C=O) groups excluding carboxylic acids is 1. The van der Waals surface area contributed by atoms with E-state index >= 15 is 0 Å². The molecule has 1 aliphatic heterocycles. The number of piperidine rings is 1. The summed E-state index contributed by atoms with van der Waals surface area (Å²) in [6.07, 6.45) is 7.50. The Labute approximate surface area is 143 Å². The quantitative estimate of drug-likeness (QED) is 0.735. The van der Waals surface area contributed by atoms with E-state index in [1.165, 1.54) is 18.4 Å². The molecule has 0 bridgehead atoms. The van der Waals surface area contributed by atoms with Crippen LogP contribution in [0.3, 0.4) is 0 Å². The maximum Gasteiger partial charge on any atom is 0.231 e. The van der Waals surface area contributed by atoms with E-state index in [1.54, 1.807) is 23.4 Å². The third kappa shape index (κ3) is 4.38. The van der Waals surface area contributed by atoms with E-state index in [9.17, 15) is 4.79 Å². The lowest BCUT2D eigenvalue weighted by molar-refractivity contribution is -0.107. The number of aromatic nitrogens is 2. The van der Waals surface area contributed by atoms with Crippen molar-refractivity contribution in [2.75, 3.05) is 31.1 Å². The molecule has 2 heterocycles. The first-order chi connectivity index (χ1) is 11.9. The molecule has 0 aliphatic carbocycles. The van der Waals surface area contributed by atoms with Gasteiger partial charge in [0.15, 0.2) is 0 Å². The fourth-order valence-corrected chi connectivity index (χ4v) is 3.32. The molecule has 5 nitrogen and oxygen atoms in total. The predicted molar refractivity (Wildman–Crippen MR) is 94.9 cm³/mol. The van der Waals surface area contributed by atoms with Gasteiger partial charge in [0, 0.05) is 18.9 Å². The molecule has 0 atom stereocenters. The number of nitrogens with zero attached hydrogens (tertiary/aromatic N) is 4. The molecule has 1 fully saturated rings. The van der Waals surface area contributed by atoms with Crippen molar-refractivity contribution in [2.24, 2.45) is 0 Å². The first-order valence-electron chi connectivity index (χ1n) is 8.63. The second-order valence-corrected chi connectivity index (χ2v) is 6.23. The highest BCUT2D eigenvalue weighted by Crippen LogP contribution is 2.27. The lowest BCUT2D eigenvalue weighted by atomic mass is 9.89. The molecule has 0 unspecified atom stereocenters. The minimum absolute atomic E-state index is 0.482. The molecule has 0 N–H and O–H groups in total. The maximum absolute atomic E-state index is 11.2. The molecule has 1 amide bonds. The zero-order valence-corrected chi connectivity index (χ0v) is 13.9. The largest absolute Gasteiger partial charge is 0.303 e. The molecular formula is C19H24N4O. The van der Waals surface area contributed by atoms with Crippen molar-refractivity contribution in [1.82, 2.24) is 14.9 Å². The smallest absolute Gasteiger partial charge is 0.231 e. The molecule has 5 heteroatoms. The number of anilines is 1. The van der Waals surface area contributed by atoms with Crippen LogP contribution in [0.15, 0.2) is 48.8 Å². The Kier molecular flexibility index (Phi) is 5.90. The molecule has 1 aromatic heterocycles. The molecule has 0 spiro atoms. The number of likely N-dealkylation sites (tertiary alicyclic amines) is 1. The van der Waals surface area contributed by atoms with Crippen LogP contribution in [0.1, 0.15) is 30.7 Å². The van der Waals surface area contributed by atoms with Gasteiger partial charge in [-0.3, -0.25) is 9.69 Å². The van der Waals surface area contributed by atoms with Crippen molar-refractivity contribution in [3.05, 3.63) is 54.4 Å². The molecule has 3 rings (SSSR count). The lowest BCUT2D eigenvalue weighted by Gasteiger charge is -2.32. The van der Waals surface area contributed by atoms with Crippen LogP contribution in [0.4, 0.5) is 5.95 Å². The van der Waals surface area contributed by atoms with Gasteiger partial charge in [0.05, 0.1) is 0 Å². The summed E-state index contributed by atoms with van der Waals surface area (Å²) < 4.78 is 0. The van der Waals surface area contributed by atoms with Crippen LogP contribution >= 0.6 is 0 Å². The number of carbonyl (C=O) groups is 1. The number of rotatable bonds is 7. The predicted octanol–water partition coefficient (Wildman–Crippen LogP) is 2.71. The van der Waals surface area contributed by atoms with E-state index in [-0.39, 0.29) is 0 Å². The van der Waals surface area contributed by atoms with Gasteiger partial charge in [-0.15, -0.1) is 0 Å². The van der Waals surface area contributed by atoms with Crippen LogP contribution in [0, 0.1) is 0 Å². The summed E-state index contributed by atoms with van der Waals surface area (Å²) in [6, 6.07) is 12.6. The van der Waals surface area contributed by atoms with E-state index < -0.39 is 0 Å². The van der Waals surface area contributed by atoms with Crippen LogP contribution in [0.25, 0.3) is 0 Å². The highest BCUT2D eigenvalue weighted by Gasteiger charge is 2.20. The average Bonchev–Trinajstić information content (AvgIpc) is 2.67. The Hall–Kier alpha value is -2.27. The second-order valence-electron chi connectivity index (χ2n) is 6.23. The third-order valence-electron chi connectivity index (χ3n) is 4.67. The van der Waals surface area contributed by atoms with E-state index in [1.807, 2.05) is 0 Å². The zero-order chi connectivity index (χ0) is 16.6. The fraction of sp³-hybridized carbons (Fsp3) is 0.421. The highest BCUT2D eigenvalue weighted by atomic mass is 16.1. The first kappa shape index (κ1) is 16.6. The normalized spacial score (nSPS) is 16.0. The summed E-state index contributed by atoms with van der Waals surface area (Å²) in [7, 11) is 0. The van der Waals surface area contributed by atoms with Gasteiger partial charge in [-0.2, -0.15) is 0 Å². The highest BCUT2D eigenvalue weighted by molar-refractivity contribution is 5.70. The second kappa shape index (κ2) is 8.55. The number of hydrogen-bond acceptors (Lipinski definition) is 4. The topological polar surface area (TPSA) is 49.3 Å². The van der Waals surface area contributed by atoms with Crippen LogP contribution < -0.4 is 4.90 Å². The van der Waals surface area contributed by atoms with Gasteiger partial charge in [0.25, 0.3) is 0 Å². The summed E-state index contributed by atoms with van der Waals surface area (Å²) in [5.41, 5.74) is 1.46.